The number of benzene rings is 1. The number of nitriles is 1. The number of likely N-dealkylation sites (N-methyl/N-ethyl adjacent to an activating group) is 1. The van der Waals surface area contributed by atoms with E-state index in [1.54, 1.807) is 13.1 Å². The minimum Gasteiger partial charge on any atom is -0.333 e. The molecular formula is C11H11BrN2O. The van der Waals surface area contributed by atoms with Gasteiger partial charge in [0.05, 0.1) is 0 Å². The van der Waals surface area contributed by atoms with Crippen molar-refractivity contribution < 1.29 is 4.79 Å². The Bertz CT molecular complexity index is 398. The van der Waals surface area contributed by atoms with Gasteiger partial charge in [-0.15, -0.1) is 0 Å². The monoisotopic (exact) mass is 266 g/mol. The predicted molar refractivity (Wildman–Crippen MR) is 61.1 cm³/mol. The first-order valence-electron chi connectivity index (χ1n) is 4.53. The maximum Gasteiger partial charge on any atom is 0.324 e. The summed E-state index contributed by atoms with van der Waals surface area (Å²) in [6.07, 6.45) is 0.753. The highest BCUT2D eigenvalue weighted by molar-refractivity contribution is 9.10. The SMILES string of the molecule is CN(CCc1cccc(Br)c1)C(=O)C#N. The molecule has 0 atom stereocenters. The Morgan fingerprint density at radius 1 is 1.60 bits per heavy atom. The van der Waals surface area contributed by atoms with Gasteiger partial charge < -0.3 is 4.90 Å². The molecule has 0 unspecified atom stereocenters. The van der Waals surface area contributed by atoms with Gasteiger partial charge in [0.15, 0.2) is 6.07 Å². The van der Waals surface area contributed by atoms with Crippen LogP contribution in [0.5, 0.6) is 0 Å². The Morgan fingerprint density at radius 2 is 2.33 bits per heavy atom. The topological polar surface area (TPSA) is 44.1 Å². The molecule has 78 valence electrons. The van der Waals surface area contributed by atoms with Gasteiger partial charge in [-0.1, -0.05) is 28.1 Å². The zero-order chi connectivity index (χ0) is 11.3. The first-order chi connectivity index (χ1) is 7.13. The van der Waals surface area contributed by atoms with Crippen molar-refractivity contribution in [1.82, 2.24) is 4.90 Å². The average Bonchev–Trinajstić information content (AvgIpc) is 2.25. The molecule has 0 aromatic heterocycles. The second-order valence-corrected chi connectivity index (χ2v) is 4.13. The van der Waals surface area contributed by atoms with E-state index in [4.69, 9.17) is 5.26 Å². The Morgan fingerprint density at radius 3 is 2.93 bits per heavy atom. The summed E-state index contributed by atoms with van der Waals surface area (Å²) in [6.45, 7) is 0.558. The standard InChI is InChI=1S/C11H11BrN2O/c1-14(11(15)8-13)6-5-9-3-2-4-10(12)7-9/h2-4,7H,5-6H2,1H3. The van der Waals surface area contributed by atoms with Crippen molar-refractivity contribution >= 4 is 21.8 Å². The minimum atomic E-state index is -0.495. The van der Waals surface area contributed by atoms with Gasteiger partial charge in [-0.3, -0.25) is 4.79 Å². The minimum absolute atomic E-state index is 0.495. The van der Waals surface area contributed by atoms with E-state index >= 15 is 0 Å². The highest BCUT2D eigenvalue weighted by Gasteiger charge is 2.06. The number of amides is 1. The summed E-state index contributed by atoms with van der Waals surface area (Å²) in [7, 11) is 1.63. The van der Waals surface area contributed by atoms with E-state index in [2.05, 4.69) is 15.9 Å². The van der Waals surface area contributed by atoms with Crippen LogP contribution in [0.3, 0.4) is 0 Å². The van der Waals surface area contributed by atoms with Gasteiger partial charge in [0.2, 0.25) is 0 Å². The first kappa shape index (κ1) is 11.7. The van der Waals surface area contributed by atoms with E-state index < -0.39 is 5.91 Å². The lowest BCUT2D eigenvalue weighted by Gasteiger charge is -2.12. The predicted octanol–water partition coefficient (Wildman–Crippen LogP) is 1.97. The average molecular weight is 267 g/mol. The zero-order valence-electron chi connectivity index (χ0n) is 8.40. The van der Waals surface area contributed by atoms with Crippen molar-refractivity contribution in [3.8, 4) is 6.07 Å². The second-order valence-electron chi connectivity index (χ2n) is 3.22. The van der Waals surface area contributed by atoms with Crippen LogP contribution in [0.1, 0.15) is 5.56 Å². The fourth-order valence-electron chi connectivity index (χ4n) is 1.18. The highest BCUT2D eigenvalue weighted by atomic mass is 79.9. The number of rotatable bonds is 3. The summed E-state index contributed by atoms with van der Waals surface area (Å²) in [5, 5.41) is 8.40. The molecule has 0 spiro atoms. The number of carbonyl (C=O) groups is 1. The summed E-state index contributed by atoms with van der Waals surface area (Å²) in [5.74, 6) is -0.495. The van der Waals surface area contributed by atoms with Crippen molar-refractivity contribution in [3.05, 3.63) is 34.3 Å². The molecule has 1 aromatic rings. The number of hydrogen-bond donors (Lipinski definition) is 0. The highest BCUT2D eigenvalue weighted by Crippen LogP contribution is 2.12. The van der Waals surface area contributed by atoms with E-state index in [0.29, 0.717) is 6.54 Å². The molecule has 3 nitrogen and oxygen atoms in total. The van der Waals surface area contributed by atoms with Gasteiger partial charge in [-0.05, 0) is 24.1 Å². The van der Waals surface area contributed by atoms with Crippen molar-refractivity contribution in [3.63, 3.8) is 0 Å². The molecule has 0 heterocycles. The molecule has 1 amide bonds. The number of halogens is 1. The van der Waals surface area contributed by atoms with Crippen molar-refractivity contribution in [2.75, 3.05) is 13.6 Å². The van der Waals surface area contributed by atoms with Crippen molar-refractivity contribution in [1.29, 1.82) is 5.26 Å². The molecule has 0 aliphatic rings. The summed E-state index contributed by atoms with van der Waals surface area (Å²) < 4.78 is 1.02. The lowest BCUT2D eigenvalue weighted by Crippen LogP contribution is -2.27. The lowest BCUT2D eigenvalue weighted by molar-refractivity contribution is -0.124. The Labute approximate surface area is 97.4 Å². The van der Waals surface area contributed by atoms with E-state index in [9.17, 15) is 4.79 Å². The lowest BCUT2D eigenvalue weighted by atomic mass is 10.1. The normalized spacial score (nSPS) is 9.40. The maximum absolute atomic E-state index is 11.0. The van der Waals surface area contributed by atoms with Crippen LogP contribution < -0.4 is 0 Å². The van der Waals surface area contributed by atoms with Gasteiger partial charge in [0, 0.05) is 18.1 Å². The van der Waals surface area contributed by atoms with Crippen LogP contribution in [0.15, 0.2) is 28.7 Å². The number of hydrogen-bond acceptors (Lipinski definition) is 2. The molecule has 15 heavy (non-hydrogen) atoms. The fraction of sp³-hybridized carbons (Fsp3) is 0.273. The van der Waals surface area contributed by atoms with E-state index in [-0.39, 0.29) is 0 Å². The molecule has 0 saturated heterocycles. The number of carbonyl (C=O) groups excluding carboxylic acids is 1. The molecule has 0 radical (unpaired) electrons. The smallest absolute Gasteiger partial charge is 0.324 e. The Hall–Kier alpha value is -1.34. The Kier molecular flexibility index (Phi) is 4.32. The summed E-state index contributed by atoms with van der Waals surface area (Å²) >= 11 is 3.38. The largest absolute Gasteiger partial charge is 0.333 e. The van der Waals surface area contributed by atoms with E-state index in [1.807, 2.05) is 24.3 Å². The first-order valence-corrected chi connectivity index (χ1v) is 5.32. The van der Waals surface area contributed by atoms with Crippen LogP contribution in [-0.2, 0) is 11.2 Å². The molecule has 0 N–H and O–H groups in total. The molecular weight excluding hydrogens is 256 g/mol. The van der Waals surface area contributed by atoms with E-state index in [0.717, 1.165) is 16.5 Å². The second kappa shape index (κ2) is 5.52. The number of nitrogens with zero attached hydrogens (tertiary/aromatic N) is 2. The van der Waals surface area contributed by atoms with Gasteiger partial charge in [-0.2, -0.15) is 5.26 Å². The van der Waals surface area contributed by atoms with Gasteiger partial charge in [0.25, 0.3) is 0 Å². The van der Waals surface area contributed by atoms with Crippen LogP contribution in [0.2, 0.25) is 0 Å². The van der Waals surface area contributed by atoms with Crippen LogP contribution in [-0.4, -0.2) is 24.4 Å². The van der Waals surface area contributed by atoms with Crippen LogP contribution in [0.25, 0.3) is 0 Å². The molecule has 4 heteroatoms. The summed E-state index contributed by atoms with van der Waals surface area (Å²) in [6, 6.07) is 9.49. The third-order valence-electron chi connectivity index (χ3n) is 2.07. The molecule has 0 saturated carbocycles. The molecule has 1 aromatic carbocycles. The van der Waals surface area contributed by atoms with Crippen molar-refractivity contribution in [2.45, 2.75) is 6.42 Å². The van der Waals surface area contributed by atoms with Gasteiger partial charge >= 0.3 is 5.91 Å². The van der Waals surface area contributed by atoms with Gasteiger partial charge in [-0.25, -0.2) is 0 Å². The van der Waals surface area contributed by atoms with Crippen LogP contribution >= 0.6 is 15.9 Å². The van der Waals surface area contributed by atoms with Crippen LogP contribution in [0.4, 0.5) is 0 Å². The molecule has 0 bridgehead atoms. The van der Waals surface area contributed by atoms with Crippen LogP contribution in [0, 0.1) is 11.3 Å². The molecule has 0 aliphatic heterocycles. The van der Waals surface area contributed by atoms with Gasteiger partial charge in [0.1, 0.15) is 0 Å². The summed E-state index contributed by atoms with van der Waals surface area (Å²) in [4.78, 5) is 12.4. The van der Waals surface area contributed by atoms with Crippen molar-refractivity contribution in [2.24, 2.45) is 0 Å². The summed E-state index contributed by atoms with van der Waals surface area (Å²) in [5.41, 5.74) is 1.14. The molecule has 0 aliphatic carbocycles. The maximum atomic E-state index is 11.0. The quantitative estimate of drug-likeness (QED) is 0.786. The molecule has 1 rings (SSSR count). The third-order valence-corrected chi connectivity index (χ3v) is 2.56. The molecule has 0 fully saturated rings. The van der Waals surface area contributed by atoms with E-state index in [1.165, 1.54) is 4.90 Å². The zero-order valence-corrected chi connectivity index (χ0v) is 9.99. The fourth-order valence-corrected chi connectivity index (χ4v) is 1.62. The third kappa shape index (κ3) is 3.72. The Balaban J connectivity index is 2.51.